The van der Waals surface area contributed by atoms with E-state index >= 15 is 0 Å². The first-order valence-electron chi connectivity index (χ1n) is 11.3. The first kappa shape index (κ1) is 25.5. The Hall–Kier alpha value is -3.55. The Balaban J connectivity index is 1.34. The molecule has 0 saturated heterocycles. The predicted molar refractivity (Wildman–Crippen MR) is 144 cm³/mol. The number of carbonyl (C=O) groups is 1. The summed E-state index contributed by atoms with van der Waals surface area (Å²) in [6.45, 7) is 4.39. The molecule has 184 valence electrons. The first-order chi connectivity index (χ1) is 17.4. The number of nitrogens with zero attached hydrogens (tertiary/aromatic N) is 2. The Morgan fingerprint density at radius 2 is 1.75 bits per heavy atom. The lowest BCUT2D eigenvalue weighted by atomic mass is 10.2. The second-order valence-corrected chi connectivity index (χ2v) is 9.59. The van der Waals surface area contributed by atoms with E-state index in [9.17, 15) is 9.18 Å². The zero-order valence-electron chi connectivity index (χ0n) is 19.9. The maximum absolute atomic E-state index is 13.1. The van der Waals surface area contributed by atoms with Crippen molar-refractivity contribution in [1.29, 1.82) is 0 Å². The number of hydrogen-bond donors (Lipinski definition) is 1. The monoisotopic (exact) mass is 521 g/mol. The third kappa shape index (κ3) is 6.77. The lowest BCUT2D eigenvalue weighted by molar-refractivity contribution is -0.118. The molecule has 1 heterocycles. The number of carbonyl (C=O) groups excluding carboxylic acids is 1. The molecule has 1 aromatic heterocycles. The van der Waals surface area contributed by atoms with E-state index in [0.717, 1.165) is 38.8 Å². The SMILES string of the molecule is Cc1cc(/C=N\NC(=O)CSc2ccc(Cl)cc2)c(C)n1-c1ccc(OCc2ccc(F)cc2)cc1. The van der Waals surface area contributed by atoms with E-state index in [1.807, 2.05) is 56.3 Å². The van der Waals surface area contributed by atoms with Gasteiger partial charge >= 0.3 is 0 Å². The number of rotatable bonds is 9. The smallest absolute Gasteiger partial charge is 0.250 e. The van der Waals surface area contributed by atoms with Crippen LogP contribution in [0.15, 0.2) is 88.9 Å². The third-order valence-electron chi connectivity index (χ3n) is 5.46. The molecule has 8 heteroatoms. The largest absolute Gasteiger partial charge is 0.489 e. The van der Waals surface area contributed by atoms with Gasteiger partial charge in [-0.3, -0.25) is 4.79 Å². The van der Waals surface area contributed by atoms with Gasteiger partial charge in [0.25, 0.3) is 0 Å². The van der Waals surface area contributed by atoms with Crippen molar-refractivity contribution in [3.05, 3.63) is 112 Å². The van der Waals surface area contributed by atoms with Gasteiger partial charge in [0.05, 0.1) is 12.0 Å². The van der Waals surface area contributed by atoms with E-state index in [2.05, 4.69) is 15.1 Å². The molecule has 0 unspecified atom stereocenters. The molecule has 4 aromatic rings. The summed E-state index contributed by atoms with van der Waals surface area (Å²) < 4.78 is 21.0. The lowest BCUT2D eigenvalue weighted by Crippen LogP contribution is -2.19. The molecular formula is C28H25ClFN3O2S. The maximum Gasteiger partial charge on any atom is 0.250 e. The standard InChI is InChI=1S/C28H25ClFN3O2S/c1-19-15-22(16-31-32-28(34)18-36-27-13-5-23(29)6-14-27)20(2)33(19)25-9-11-26(12-10-25)35-17-21-3-7-24(30)8-4-21/h3-16H,17-18H2,1-2H3,(H,32,34)/b31-16-. The van der Waals surface area contributed by atoms with Crippen molar-refractivity contribution in [2.75, 3.05) is 5.75 Å². The molecule has 0 aliphatic rings. The second kappa shape index (κ2) is 11.9. The molecule has 0 saturated carbocycles. The van der Waals surface area contributed by atoms with Crippen molar-refractivity contribution in [1.82, 2.24) is 9.99 Å². The van der Waals surface area contributed by atoms with Crippen LogP contribution < -0.4 is 10.2 Å². The van der Waals surface area contributed by atoms with Crippen molar-refractivity contribution < 1.29 is 13.9 Å². The number of aryl methyl sites for hydroxylation is 1. The van der Waals surface area contributed by atoms with Crippen LogP contribution in [0.25, 0.3) is 5.69 Å². The zero-order chi connectivity index (χ0) is 25.5. The summed E-state index contributed by atoms with van der Waals surface area (Å²) in [5.74, 6) is 0.538. The molecule has 0 radical (unpaired) electrons. The van der Waals surface area contributed by atoms with Crippen molar-refractivity contribution in [3.63, 3.8) is 0 Å². The minimum absolute atomic E-state index is 0.184. The minimum Gasteiger partial charge on any atom is -0.489 e. The normalized spacial score (nSPS) is 11.1. The van der Waals surface area contributed by atoms with E-state index < -0.39 is 0 Å². The van der Waals surface area contributed by atoms with Gasteiger partial charge in [0.2, 0.25) is 5.91 Å². The van der Waals surface area contributed by atoms with Crippen LogP contribution in [-0.4, -0.2) is 22.4 Å². The number of nitrogens with one attached hydrogen (secondary N) is 1. The summed E-state index contributed by atoms with van der Waals surface area (Å²) in [6, 6.07) is 23.4. The number of ether oxygens (including phenoxy) is 1. The van der Waals surface area contributed by atoms with E-state index in [1.165, 1.54) is 23.9 Å². The van der Waals surface area contributed by atoms with Crippen molar-refractivity contribution in [2.24, 2.45) is 5.10 Å². The van der Waals surface area contributed by atoms with Crippen LogP contribution in [0, 0.1) is 19.7 Å². The number of benzene rings is 3. The van der Waals surface area contributed by atoms with Crippen LogP contribution in [0.5, 0.6) is 5.75 Å². The fraction of sp³-hybridized carbons (Fsp3) is 0.143. The highest BCUT2D eigenvalue weighted by Crippen LogP contribution is 2.23. The van der Waals surface area contributed by atoms with Gasteiger partial charge < -0.3 is 9.30 Å². The van der Waals surface area contributed by atoms with Gasteiger partial charge in [-0.15, -0.1) is 11.8 Å². The van der Waals surface area contributed by atoms with Crippen LogP contribution in [0.3, 0.4) is 0 Å². The Labute approximate surface area is 218 Å². The van der Waals surface area contributed by atoms with E-state index in [1.54, 1.807) is 30.5 Å². The summed E-state index contributed by atoms with van der Waals surface area (Å²) in [5, 5.41) is 4.80. The molecule has 5 nitrogen and oxygen atoms in total. The number of hydrogen-bond acceptors (Lipinski definition) is 4. The summed E-state index contributed by atoms with van der Waals surface area (Å²) in [7, 11) is 0. The van der Waals surface area contributed by atoms with Crippen LogP contribution in [0.2, 0.25) is 5.02 Å². The first-order valence-corrected chi connectivity index (χ1v) is 12.6. The Bertz CT molecular complexity index is 1350. The molecule has 0 fully saturated rings. The fourth-order valence-electron chi connectivity index (χ4n) is 3.64. The Morgan fingerprint density at radius 3 is 2.44 bits per heavy atom. The Morgan fingerprint density at radius 1 is 1.06 bits per heavy atom. The molecule has 0 aliphatic heterocycles. The number of hydrazone groups is 1. The van der Waals surface area contributed by atoms with Gasteiger partial charge in [0.1, 0.15) is 18.2 Å². The topological polar surface area (TPSA) is 55.6 Å². The summed E-state index contributed by atoms with van der Waals surface area (Å²) >= 11 is 7.31. The lowest BCUT2D eigenvalue weighted by Gasteiger charge is -2.11. The average molecular weight is 522 g/mol. The number of aromatic nitrogens is 1. The molecule has 0 aliphatic carbocycles. The average Bonchev–Trinajstić information content (AvgIpc) is 3.16. The molecular weight excluding hydrogens is 497 g/mol. The molecule has 0 spiro atoms. The molecule has 36 heavy (non-hydrogen) atoms. The van der Waals surface area contributed by atoms with Gasteiger partial charge in [-0.25, -0.2) is 9.82 Å². The van der Waals surface area contributed by atoms with Crippen LogP contribution in [0.4, 0.5) is 4.39 Å². The highest BCUT2D eigenvalue weighted by Gasteiger charge is 2.10. The summed E-state index contributed by atoms with van der Waals surface area (Å²) in [6.07, 6.45) is 1.66. The highest BCUT2D eigenvalue weighted by atomic mass is 35.5. The van der Waals surface area contributed by atoms with Gasteiger partial charge in [-0.05, 0) is 86.1 Å². The zero-order valence-corrected chi connectivity index (χ0v) is 21.4. The van der Waals surface area contributed by atoms with E-state index in [0.29, 0.717) is 11.6 Å². The molecule has 3 aromatic carbocycles. The number of halogens is 2. The van der Waals surface area contributed by atoms with Crippen LogP contribution in [-0.2, 0) is 11.4 Å². The highest BCUT2D eigenvalue weighted by molar-refractivity contribution is 8.00. The van der Waals surface area contributed by atoms with Crippen molar-refractivity contribution in [2.45, 2.75) is 25.3 Å². The van der Waals surface area contributed by atoms with Gasteiger partial charge in [-0.1, -0.05) is 23.7 Å². The van der Waals surface area contributed by atoms with Crippen LogP contribution >= 0.6 is 23.4 Å². The molecule has 0 bridgehead atoms. The molecule has 0 atom stereocenters. The number of thioether (sulfide) groups is 1. The molecule has 1 amide bonds. The summed E-state index contributed by atoms with van der Waals surface area (Å²) in [5.41, 5.74) is 7.42. The predicted octanol–water partition coefficient (Wildman–Crippen LogP) is 6.71. The second-order valence-electron chi connectivity index (χ2n) is 8.11. The summed E-state index contributed by atoms with van der Waals surface area (Å²) in [4.78, 5) is 13.1. The van der Waals surface area contributed by atoms with Crippen LogP contribution in [0.1, 0.15) is 22.5 Å². The van der Waals surface area contributed by atoms with Gasteiger partial charge in [-0.2, -0.15) is 5.10 Å². The molecule has 1 N–H and O–H groups in total. The van der Waals surface area contributed by atoms with Crippen molar-refractivity contribution in [3.8, 4) is 11.4 Å². The van der Waals surface area contributed by atoms with Gasteiger partial charge in [0, 0.05) is 32.6 Å². The number of amides is 1. The van der Waals surface area contributed by atoms with Crippen molar-refractivity contribution >= 4 is 35.5 Å². The Kier molecular flexibility index (Phi) is 8.46. The van der Waals surface area contributed by atoms with E-state index in [-0.39, 0.29) is 17.5 Å². The van der Waals surface area contributed by atoms with E-state index in [4.69, 9.17) is 16.3 Å². The quantitative estimate of drug-likeness (QED) is 0.151. The minimum atomic E-state index is -0.263. The van der Waals surface area contributed by atoms with Gasteiger partial charge in [0.15, 0.2) is 0 Å². The fourth-order valence-corrected chi connectivity index (χ4v) is 4.46. The third-order valence-corrected chi connectivity index (χ3v) is 6.72. The molecule has 4 rings (SSSR count). The maximum atomic E-state index is 13.1.